The van der Waals surface area contributed by atoms with Crippen molar-refractivity contribution in [3.05, 3.63) is 224 Å². The number of fused-ring (bicyclic) bond motifs is 4. The van der Waals surface area contributed by atoms with Gasteiger partial charge in [0.15, 0.2) is 0 Å². The largest absolute Gasteiger partial charge is 0.510 e. The van der Waals surface area contributed by atoms with Crippen LogP contribution in [0, 0.1) is 23.9 Å². The van der Waals surface area contributed by atoms with Crippen molar-refractivity contribution in [2.24, 2.45) is 5.41 Å². The average Bonchev–Trinajstić information content (AvgIpc) is 3.90. The fourth-order valence-electron chi connectivity index (χ4n) is 9.54. The van der Waals surface area contributed by atoms with Gasteiger partial charge in [-0.05, 0) is 79.4 Å². The molecule has 6 heteroatoms. The molecule has 11 rings (SSSR count). The van der Waals surface area contributed by atoms with Gasteiger partial charge in [-0.15, -0.1) is 29.7 Å². The molecular formula is C63H52N4OPt-2. The van der Waals surface area contributed by atoms with Crippen LogP contribution in [-0.2, 0) is 32.9 Å². The Hall–Kier alpha value is -7.33. The third-order valence-electron chi connectivity index (χ3n) is 12.8. The smallest absolute Gasteiger partial charge is 0.268 e. The van der Waals surface area contributed by atoms with E-state index in [1.54, 1.807) is 0 Å². The predicted molar refractivity (Wildman–Crippen MR) is 278 cm³/mol. The molecule has 3 heterocycles. The zero-order valence-corrected chi connectivity index (χ0v) is 42.0. The summed E-state index contributed by atoms with van der Waals surface area (Å²) in [6.45, 7) is 13.7. The molecule has 11 aromatic rings. The van der Waals surface area contributed by atoms with E-state index in [2.05, 4.69) is 250 Å². The normalized spacial score (nSPS) is 11.9. The van der Waals surface area contributed by atoms with Crippen molar-refractivity contribution < 1.29 is 30.4 Å². The first-order valence-corrected chi connectivity index (χ1v) is 23.4. The van der Waals surface area contributed by atoms with Gasteiger partial charge in [0.2, 0.25) is 0 Å². The molecule has 0 aliphatic heterocycles. The maximum absolute atomic E-state index is 6.71. The van der Waals surface area contributed by atoms with Crippen LogP contribution in [0.2, 0.25) is 0 Å². The Morgan fingerprint density at radius 2 is 1.16 bits per heavy atom. The first-order valence-electron chi connectivity index (χ1n) is 23.4. The van der Waals surface area contributed by atoms with Gasteiger partial charge in [0, 0.05) is 49.8 Å². The van der Waals surface area contributed by atoms with E-state index in [9.17, 15) is 0 Å². The Bertz CT molecular complexity index is 3570. The van der Waals surface area contributed by atoms with Crippen LogP contribution in [0.3, 0.4) is 0 Å². The van der Waals surface area contributed by atoms with E-state index in [-0.39, 0.29) is 31.9 Å². The Balaban J connectivity index is 0.00000553. The zero-order chi connectivity index (χ0) is 46.6. The Morgan fingerprint density at radius 3 is 1.84 bits per heavy atom. The van der Waals surface area contributed by atoms with E-state index in [4.69, 9.17) is 9.72 Å². The third kappa shape index (κ3) is 8.84. The number of hydrogen-bond acceptors (Lipinski definition) is 2. The summed E-state index contributed by atoms with van der Waals surface area (Å²) in [6, 6.07) is 73.3. The second-order valence-electron chi connectivity index (χ2n) is 19.9. The molecular weight excluding hydrogens is 1020 g/mol. The average molecular weight is 1080 g/mol. The van der Waals surface area contributed by atoms with Crippen LogP contribution in [0.25, 0.3) is 83.4 Å². The van der Waals surface area contributed by atoms with Crippen molar-refractivity contribution in [1.82, 2.24) is 14.1 Å². The molecule has 3 aromatic heterocycles. The van der Waals surface area contributed by atoms with Gasteiger partial charge in [0.1, 0.15) is 5.82 Å². The molecule has 8 aromatic carbocycles. The third-order valence-corrected chi connectivity index (χ3v) is 12.8. The quantitative estimate of drug-likeness (QED) is 0.107. The summed E-state index contributed by atoms with van der Waals surface area (Å²) in [5.74, 6) is 2.00. The summed E-state index contributed by atoms with van der Waals surface area (Å²) in [5.41, 5.74) is 15.3. The SMILES string of the molecule is CC(C)(C)Cc1cc(-n2c3[c-]c(Oc4[c-]c(-n5[c-][n+](-c6c(-c7ccccc7)cccc6-c6ccccc6)c6ccccc65)ccc4)ccc3c3ccccc32)ncc1-c1ccc(C(C)(C)C)cc1.[Pt]. The van der Waals surface area contributed by atoms with Gasteiger partial charge < -0.3 is 13.9 Å². The van der Waals surface area contributed by atoms with Crippen LogP contribution in [0.5, 0.6) is 11.5 Å². The molecule has 5 nitrogen and oxygen atoms in total. The first kappa shape index (κ1) is 45.5. The van der Waals surface area contributed by atoms with E-state index in [0.717, 1.165) is 84.3 Å². The molecule has 342 valence electrons. The molecule has 0 atom stereocenters. The summed E-state index contributed by atoms with van der Waals surface area (Å²) >= 11 is 0. The van der Waals surface area contributed by atoms with E-state index in [1.807, 2.05) is 18.2 Å². The Kier molecular flexibility index (Phi) is 12.0. The minimum Gasteiger partial charge on any atom is -0.510 e. The second-order valence-corrected chi connectivity index (χ2v) is 19.9. The summed E-state index contributed by atoms with van der Waals surface area (Å²) in [5, 5.41) is 2.21. The molecule has 0 fully saturated rings. The number of para-hydroxylation sites is 4. The molecule has 69 heavy (non-hydrogen) atoms. The number of rotatable bonds is 9. The van der Waals surface area contributed by atoms with E-state index in [1.165, 1.54) is 16.7 Å². The van der Waals surface area contributed by atoms with Crippen LogP contribution in [0.15, 0.2) is 194 Å². The van der Waals surface area contributed by atoms with Crippen molar-refractivity contribution in [2.75, 3.05) is 0 Å². The maximum Gasteiger partial charge on any atom is 0.268 e. The van der Waals surface area contributed by atoms with E-state index < -0.39 is 0 Å². The van der Waals surface area contributed by atoms with Crippen LogP contribution >= 0.6 is 0 Å². The Morgan fingerprint density at radius 1 is 0.551 bits per heavy atom. The predicted octanol–water partition coefficient (Wildman–Crippen LogP) is 15.5. The molecule has 0 aliphatic carbocycles. The summed E-state index contributed by atoms with van der Waals surface area (Å²) in [4.78, 5) is 5.20. The topological polar surface area (TPSA) is 35.9 Å². The monoisotopic (exact) mass is 1080 g/mol. The minimum atomic E-state index is 0. The van der Waals surface area contributed by atoms with Gasteiger partial charge in [0.25, 0.3) is 6.33 Å². The number of nitrogens with zero attached hydrogens (tertiary/aromatic N) is 4. The molecule has 0 amide bonds. The van der Waals surface area contributed by atoms with Crippen LogP contribution in [0.4, 0.5) is 0 Å². The molecule has 0 saturated heterocycles. The minimum absolute atomic E-state index is 0. The second kappa shape index (κ2) is 18.3. The van der Waals surface area contributed by atoms with Crippen molar-refractivity contribution in [1.29, 1.82) is 0 Å². The van der Waals surface area contributed by atoms with E-state index in [0.29, 0.717) is 11.5 Å². The van der Waals surface area contributed by atoms with Gasteiger partial charge in [-0.2, -0.15) is 18.2 Å². The zero-order valence-electron chi connectivity index (χ0n) is 39.7. The molecule has 0 spiro atoms. The van der Waals surface area contributed by atoms with Crippen molar-refractivity contribution >= 4 is 32.8 Å². The molecule has 0 unspecified atom stereocenters. The Labute approximate surface area is 419 Å². The van der Waals surface area contributed by atoms with Gasteiger partial charge in [-0.3, -0.25) is 4.57 Å². The first-order chi connectivity index (χ1) is 33.0. The van der Waals surface area contributed by atoms with Crippen molar-refractivity contribution in [3.63, 3.8) is 0 Å². The molecule has 0 saturated carbocycles. The number of ether oxygens (including phenoxy) is 1. The van der Waals surface area contributed by atoms with Gasteiger partial charge in [-0.25, -0.2) is 4.98 Å². The molecule has 0 bridgehead atoms. The van der Waals surface area contributed by atoms with Crippen LogP contribution in [-0.4, -0.2) is 14.1 Å². The summed E-state index contributed by atoms with van der Waals surface area (Å²) in [7, 11) is 0. The van der Waals surface area contributed by atoms with Gasteiger partial charge >= 0.3 is 0 Å². The number of imidazole rings is 1. The number of aromatic nitrogens is 4. The van der Waals surface area contributed by atoms with Crippen LogP contribution < -0.4 is 9.30 Å². The molecule has 0 N–H and O–H groups in total. The fourth-order valence-corrected chi connectivity index (χ4v) is 9.54. The molecule has 0 aliphatic rings. The molecule has 0 radical (unpaired) electrons. The van der Waals surface area contributed by atoms with Crippen LogP contribution in [0.1, 0.15) is 52.7 Å². The van der Waals surface area contributed by atoms with Crippen molar-refractivity contribution in [3.8, 4) is 62.1 Å². The maximum atomic E-state index is 6.71. The van der Waals surface area contributed by atoms with Gasteiger partial charge in [0.05, 0.1) is 16.7 Å². The van der Waals surface area contributed by atoms with E-state index >= 15 is 0 Å². The number of hydrogen-bond donors (Lipinski definition) is 0. The number of benzene rings is 8. The fraction of sp³-hybridized carbons (Fsp3) is 0.143. The standard InChI is InChI=1S/C63H52N4O.Pt/c1-62(2,3)40-46-37-60(64-41-55(46)45-31-33-47(34-32-45)63(4,5)6)67-56-28-14-13-25-53(56)54-36-35-50(39-59(54)67)68-49-24-17-23-48(38-49)65-42-66(58-30-16-15-29-57(58)65)61-51(43-19-9-7-10-20-43)26-18-27-52(61)44-21-11-8-12-22-44;/h7-37,41H,40H2,1-6H3;/q-2;. The van der Waals surface area contributed by atoms with Gasteiger partial charge in [-0.1, -0.05) is 193 Å². The summed E-state index contributed by atoms with van der Waals surface area (Å²) < 4.78 is 13.2. The van der Waals surface area contributed by atoms with Crippen molar-refractivity contribution in [2.45, 2.75) is 53.4 Å². The summed E-state index contributed by atoms with van der Waals surface area (Å²) in [6.07, 6.45) is 6.71. The number of pyridine rings is 1.